The van der Waals surface area contributed by atoms with E-state index in [4.69, 9.17) is 9.84 Å². The SMILES string of the molecule is Bc1cc(C[C@@H](OC(=O)N2CCC(N3CCc4ccccc4NC3=O)CC2)C(=O)N2CCC(C3CCN(C(=O)C(=O)O)CC3)CC2)ccc1O. The number of aliphatic carboxylic acids is 1. The summed E-state index contributed by atoms with van der Waals surface area (Å²) in [5, 5.41) is 22.1. The minimum Gasteiger partial charge on any atom is -0.509 e. The van der Waals surface area contributed by atoms with E-state index >= 15 is 0 Å². The van der Waals surface area contributed by atoms with Crippen molar-refractivity contribution < 1.29 is 38.9 Å². The molecule has 0 aliphatic carbocycles. The first-order valence-corrected chi connectivity index (χ1v) is 17.8. The number of aromatic hydroxyl groups is 1. The van der Waals surface area contributed by atoms with Crippen LogP contribution in [-0.4, -0.2) is 126 Å². The van der Waals surface area contributed by atoms with E-state index in [-0.39, 0.29) is 30.2 Å². The van der Waals surface area contributed by atoms with Crippen molar-refractivity contribution in [3.63, 3.8) is 0 Å². The van der Waals surface area contributed by atoms with Crippen molar-refractivity contribution in [3.8, 4) is 5.75 Å². The summed E-state index contributed by atoms with van der Waals surface area (Å²) in [6.45, 7) is 3.30. The van der Waals surface area contributed by atoms with E-state index in [1.807, 2.05) is 29.2 Å². The number of nitrogens with zero attached hydrogens (tertiary/aromatic N) is 4. The molecule has 0 radical (unpaired) electrons. The summed E-state index contributed by atoms with van der Waals surface area (Å²) in [5.74, 6) is -1.65. The van der Waals surface area contributed by atoms with Gasteiger partial charge in [-0.1, -0.05) is 30.3 Å². The van der Waals surface area contributed by atoms with Crippen LogP contribution < -0.4 is 10.8 Å². The third-order valence-electron chi connectivity index (χ3n) is 11.0. The van der Waals surface area contributed by atoms with Crippen LogP contribution >= 0.6 is 0 Å². The molecule has 0 unspecified atom stereocenters. The zero-order valence-electron chi connectivity index (χ0n) is 28.6. The molecule has 0 spiro atoms. The number of ether oxygens (including phenoxy) is 1. The third-order valence-corrected chi connectivity index (χ3v) is 11.0. The van der Waals surface area contributed by atoms with Gasteiger partial charge in [-0.25, -0.2) is 14.4 Å². The number of nitrogens with one attached hydrogen (secondary N) is 1. The normalized spacial score (nSPS) is 20.0. The lowest BCUT2D eigenvalue weighted by Crippen LogP contribution is -2.52. The smallest absolute Gasteiger partial charge is 0.410 e. The maximum atomic E-state index is 14.0. The molecule has 1 atom stereocenters. The number of benzene rings is 2. The first-order valence-electron chi connectivity index (χ1n) is 17.8. The van der Waals surface area contributed by atoms with Crippen LogP contribution in [0.3, 0.4) is 0 Å². The van der Waals surface area contributed by atoms with Gasteiger partial charge in [0, 0.05) is 64.0 Å². The highest BCUT2D eigenvalue weighted by molar-refractivity contribution is 6.34. The fourth-order valence-electron chi connectivity index (χ4n) is 8.04. The quantitative estimate of drug-likeness (QED) is 0.307. The van der Waals surface area contributed by atoms with Crippen LogP contribution in [0.4, 0.5) is 15.3 Å². The maximum absolute atomic E-state index is 14.0. The van der Waals surface area contributed by atoms with Crippen molar-refractivity contribution in [1.29, 1.82) is 0 Å². The lowest BCUT2D eigenvalue weighted by Gasteiger charge is -2.40. The molecule has 4 aliphatic heterocycles. The number of fused-ring (bicyclic) bond motifs is 1. The molecular weight excluding hydrogens is 641 g/mol. The first-order chi connectivity index (χ1) is 24.1. The van der Waals surface area contributed by atoms with Gasteiger partial charge in [-0.2, -0.15) is 0 Å². The van der Waals surface area contributed by atoms with Crippen molar-refractivity contribution in [1.82, 2.24) is 19.6 Å². The highest BCUT2D eigenvalue weighted by Crippen LogP contribution is 2.33. The van der Waals surface area contributed by atoms with E-state index < -0.39 is 24.1 Å². The number of urea groups is 1. The number of carbonyl (C=O) groups is 5. The molecule has 14 heteroatoms. The Balaban J connectivity index is 1.05. The van der Waals surface area contributed by atoms with Gasteiger partial charge in [-0.15, -0.1) is 0 Å². The second-order valence-electron chi connectivity index (χ2n) is 14.0. The number of phenolic OH excluding ortho intramolecular Hbond substituents is 1. The summed E-state index contributed by atoms with van der Waals surface area (Å²) >= 11 is 0. The van der Waals surface area contributed by atoms with Crippen molar-refractivity contribution in [3.05, 3.63) is 53.6 Å². The van der Waals surface area contributed by atoms with E-state index in [0.29, 0.717) is 76.0 Å². The molecule has 5 amide bonds. The number of rotatable bonds is 6. The zero-order chi connectivity index (χ0) is 35.4. The lowest BCUT2D eigenvalue weighted by molar-refractivity contribution is -0.156. The molecule has 2 aromatic carbocycles. The van der Waals surface area contributed by atoms with Crippen molar-refractivity contribution in [2.24, 2.45) is 11.8 Å². The number of para-hydroxylation sites is 1. The first kappa shape index (κ1) is 35.1. The number of hydrogen-bond donors (Lipinski definition) is 3. The number of amides is 5. The van der Waals surface area contributed by atoms with Gasteiger partial charge in [0.05, 0.1) is 0 Å². The van der Waals surface area contributed by atoms with Crippen LogP contribution in [0.25, 0.3) is 0 Å². The fraction of sp³-hybridized carbons (Fsp3) is 0.528. The third kappa shape index (κ3) is 8.00. The second-order valence-corrected chi connectivity index (χ2v) is 14.0. The topological polar surface area (TPSA) is 160 Å². The maximum Gasteiger partial charge on any atom is 0.410 e. The van der Waals surface area contributed by atoms with Crippen LogP contribution in [0.5, 0.6) is 5.75 Å². The summed E-state index contributed by atoms with van der Waals surface area (Å²) in [5.41, 5.74) is 3.38. The van der Waals surface area contributed by atoms with Gasteiger partial charge in [-0.05, 0) is 85.5 Å². The number of carboxylic acid groups (broad SMARTS) is 1. The molecule has 4 aliphatic rings. The molecule has 0 saturated carbocycles. The highest BCUT2D eigenvalue weighted by Gasteiger charge is 2.37. The largest absolute Gasteiger partial charge is 0.509 e. The van der Waals surface area contributed by atoms with E-state index in [1.54, 1.807) is 35.8 Å². The highest BCUT2D eigenvalue weighted by atomic mass is 16.6. The summed E-state index contributed by atoms with van der Waals surface area (Å²) in [6, 6.07) is 12.8. The van der Waals surface area contributed by atoms with Gasteiger partial charge in [0.25, 0.3) is 5.91 Å². The van der Waals surface area contributed by atoms with Gasteiger partial charge < -0.3 is 39.9 Å². The molecule has 0 bridgehead atoms. The number of anilines is 1. The van der Waals surface area contributed by atoms with Gasteiger partial charge in [0.2, 0.25) is 0 Å². The van der Waals surface area contributed by atoms with Crippen LogP contribution in [0.1, 0.15) is 49.7 Å². The Hall–Kier alpha value is -4.75. The Kier molecular flexibility index (Phi) is 10.8. The van der Waals surface area contributed by atoms with E-state index in [1.165, 1.54) is 4.90 Å². The van der Waals surface area contributed by atoms with Crippen molar-refractivity contribution >= 4 is 48.9 Å². The second kappa shape index (κ2) is 15.4. The average molecular weight is 688 g/mol. The van der Waals surface area contributed by atoms with Crippen LogP contribution in [-0.2, 0) is 32.0 Å². The Bertz CT molecular complexity index is 1600. The van der Waals surface area contributed by atoms with Crippen LogP contribution in [0.2, 0.25) is 0 Å². The molecule has 266 valence electrons. The summed E-state index contributed by atoms with van der Waals surface area (Å²) in [4.78, 5) is 70.2. The molecule has 6 rings (SSSR count). The molecule has 13 nitrogen and oxygen atoms in total. The van der Waals surface area contributed by atoms with E-state index in [9.17, 15) is 29.1 Å². The lowest BCUT2D eigenvalue weighted by atomic mass is 9.78. The molecule has 0 aromatic heterocycles. The van der Waals surface area contributed by atoms with Crippen molar-refractivity contribution in [2.45, 2.75) is 63.5 Å². The summed E-state index contributed by atoms with van der Waals surface area (Å²) in [6.07, 6.45) is 3.58. The standard InChI is InChI=1S/C36H46BN5O8/c37-28-21-23(5-6-30(28)43)22-31(32(44)39-14-7-24(8-15-39)25-9-16-40(17-10-25)33(45)34(46)47)50-36(49)41-18-12-27(13-19-41)42-20-11-26-3-1-2-4-29(26)38-35(42)48/h1-6,21,24-25,27,31,43H,7-20,22,37H2,(H,38,48)(H,46,47)/t31-/m1/s1. The predicted molar refractivity (Wildman–Crippen MR) is 187 cm³/mol. The van der Waals surface area contributed by atoms with E-state index in [0.717, 1.165) is 48.9 Å². The molecule has 4 heterocycles. The summed E-state index contributed by atoms with van der Waals surface area (Å²) < 4.78 is 5.99. The Morgan fingerprint density at radius 2 is 1.46 bits per heavy atom. The Morgan fingerprint density at radius 1 is 0.840 bits per heavy atom. The number of piperidine rings is 3. The fourth-order valence-corrected chi connectivity index (χ4v) is 8.04. The van der Waals surface area contributed by atoms with Crippen LogP contribution in [0, 0.1) is 11.8 Å². The molecule has 3 N–H and O–H groups in total. The monoisotopic (exact) mass is 687 g/mol. The van der Waals surface area contributed by atoms with Gasteiger partial charge in [0.15, 0.2) is 6.10 Å². The summed E-state index contributed by atoms with van der Waals surface area (Å²) in [7, 11) is 1.78. The molecule has 2 aromatic rings. The van der Waals surface area contributed by atoms with E-state index in [2.05, 4.69) is 5.32 Å². The van der Waals surface area contributed by atoms with Gasteiger partial charge >= 0.3 is 24.0 Å². The minimum atomic E-state index is -1.43. The molecule has 50 heavy (non-hydrogen) atoms. The number of phenols is 1. The number of carbonyl (C=O) groups excluding carboxylic acids is 4. The average Bonchev–Trinajstić information content (AvgIpc) is 3.30. The Morgan fingerprint density at radius 3 is 2.10 bits per heavy atom. The number of likely N-dealkylation sites (tertiary alicyclic amines) is 3. The number of carboxylic acids is 1. The minimum absolute atomic E-state index is 0.0167. The van der Waals surface area contributed by atoms with Gasteiger partial charge in [0.1, 0.15) is 13.6 Å². The molecular formula is C36H46BN5O8. The van der Waals surface area contributed by atoms with Crippen molar-refractivity contribution in [2.75, 3.05) is 51.1 Å². The van der Waals surface area contributed by atoms with Crippen LogP contribution in [0.15, 0.2) is 42.5 Å². The number of hydrogen-bond acceptors (Lipinski definition) is 7. The van der Waals surface area contributed by atoms with Gasteiger partial charge in [-0.3, -0.25) is 9.59 Å². The zero-order valence-corrected chi connectivity index (χ0v) is 28.6. The molecule has 3 saturated heterocycles. The predicted octanol–water partition coefficient (Wildman–Crippen LogP) is 1.81. The molecule has 3 fully saturated rings. The Labute approximate surface area is 292 Å².